The van der Waals surface area contributed by atoms with Crippen LogP contribution in [-0.2, 0) is 4.74 Å². The molecule has 74 valence electrons. The lowest BCUT2D eigenvalue weighted by atomic mass is 9.88. The van der Waals surface area contributed by atoms with Crippen molar-refractivity contribution in [3.8, 4) is 0 Å². The molecule has 0 aliphatic carbocycles. The third kappa shape index (κ3) is 1.21. The van der Waals surface area contributed by atoms with Gasteiger partial charge in [-0.05, 0) is 12.8 Å². The highest BCUT2D eigenvalue weighted by atomic mass is 19.1. The van der Waals surface area contributed by atoms with Gasteiger partial charge in [0.2, 0.25) is 0 Å². The number of halogens is 1. The van der Waals surface area contributed by atoms with E-state index in [0.29, 0.717) is 13.0 Å². The van der Waals surface area contributed by atoms with Crippen LogP contribution in [0.15, 0.2) is 0 Å². The first-order chi connectivity index (χ1) is 6.00. The summed E-state index contributed by atoms with van der Waals surface area (Å²) in [5, 5.41) is 0. The molecule has 3 atom stereocenters. The van der Waals surface area contributed by atoms with Crippen molar-refractivity contribution in [2.45, 2.75) is 36.7 Å². The molecule has 5 heteroatoms. The first kappa shape index (κ1) is 9.43. The van der Waals surface area contributed by atoms with Gasteiger partial charge in [0.15, 0.2) is 7.85 Å². The minimum atomic E-state index is -0.792. The average molecular weight is 186 g/mol. The number of nitrogens with zero attached hydrogens (tertiary/aromatic N) is 1. The summed E-state index contributed by atoms with van der Waals surface area (Å²) >= 11 is 0. The maximum atomic E-state index is 13.2. The van der Waals surface area contributed by atoms with E-state index < -0.39 is 11.8 Å². The number of alkyl halides is 1. The largest absolute Gasteiger partial charge is 0.373 e. The van der Waals surface area contributed by atoms with Crippen LogP contribution in [0.25, 0.3) is 0 Å². The van der Waals surface area contributed by atoms with E-state index in [1.807, 2.05) is 12.7 Å². The number of fused-ring (bicyclic) bond motifs is 1. The molecule has 0 aromatic rings. The average Bonchev–Trinajstić information content (AvgIpc) is 2.49. The number of methoxy groups -OCH3 is 1. The van der Waals surface area contributed by atoms with Crippen LogP contribution in [0.3, 0.4) is 0 Å². The lowest BCUT2D eigenvalue weighted by Gasteiger charge is -2.37. The Labute approximate surface area is 78.8 Å². The highest BCUT2D eigenvalue weighted by Gasteiger charge is 2.55. The lowest BCUT2D eigenvalue weighted by molar-refractivity contribution is -0.0653. The van der Waals surface area contributed by atoms with Crippen molar-refractivity contribution in [3.05, 3.63) is 0 Å². The van der Waals surface area contributed by atoms with Crippen LogP contribution in [-0.4, -0.2) is 43.9 Å². The van der Waals surface area contributed by atoms with E-state index in [9.17, 15) is 4.39 Å². The molecule has 2 fully saturated rings. The molecule has 2 saturated heterocycles. The molecule has 0 spiro atoms. The Balaban J connectivity index is 2.24. The minimum Gasteiger partial charge on any atom is -0.373 e. The van der Waals surface area contributed by atoms with Gasteiger partial charge in [0, 0.05) is 20.1 Å². The zero-order valence-corrected chi connectivity index (χ0v) is 8.22. The van der Waals surface area contributed by atoms with Crippen LogP contribution < -0.4 is 5.73 Å². The van der Waals surface area contributed by atoms with Gasteiger partial charge in [-0.15, -0.1) is 0 Å². The highest BCUT2D eigenvalue weighted by Crippen LogP contribution is 2.44. The predicted molar refractivity (Wildman–Crippen MR) is 50.7 cm³/mol. The Kier molecular flexibility index (Phi) is 1.95. The molecular weight excluding hydrogens is 170 g/mol. The van der Waals surface area contributed by atoms with Gasteiger partial charge in [-0.25, -0.2) is 4.39 Å². The first-order valence-corrected chi connectivity index (χ1v) is 4.76. The van der Waals surface area contributed by atoms with Gasteiger partial charge in [-0.3, -0.25) is 4.90 Å². The summed E-state index contributed by atoms with van der Waals surface area (Å²) in [6.07, 6.45) is 1.39. The summed E-state index contributed by atoms with van der Waals surface area (Å²) in [6, 6.07) is 0. The van der Waals surface area contributed by atoms with Crippen LogP contribution in [0.2, 0.25) is 0 Å². The molecule has 0 amide bonds. The van der Waals surface area contributed by atoms with Gasteiger partial charge < -0.3 is 10.5 Å². The second kappa shape index (κ2) is 2.68. The second-order valence-electron chi connectivity index (χ2n) is 4.39. The van der Waals surface area contributed by atoms with E-state index in [0.717, 1.165) is 12.8 Å². The second-order valence-corrected chi connectivity index (χ2v) is 4.39. The Hall–Kier alpha value is -0.125. The summed E-state index contributed by atoms with van der Waals surface area (Å²) in [6.45, 7) is 0.418. The van der Waals surface area contributed by atoms with Gasteiger partial charge >= 0.3 is 0 Å². The smallest absolute Gasteiger partial charge is 0.162 e. The third-order valence-electron chi connectivity index (χ3n) is 3.53. The van der Waals surface area contributed by atoms with Crippen molar-refractivity contribution < 1.29 is 9.13 Å². The number of hydrogen-bond donors (Lipinski definition) is 1. The quantitative estimate of drug-likeness (QED) is 0.556. The molecule has 0 aromatic carbocycles. The number of ether oxygens (including phenoxy) is 1. The van der Waals surface area contributed by atoms with Crippen molar-refractivity contribution in [2.24, 2.45) is 5.73 Å². The van der Waals surface area contributed by atoms with E-state index in [1.165, 1.54) is 0 Å². The molecule has 3 nitrogen and oxygen atoms in total. The molecule has 2 aliphatic heterocycles. The van der Waals surface area contributed by atoms with E-state index in [4.69, 9.17) is 10.5 Å². The van der Waals surface area contributed by atoms with E-state index in [1.54, 1.807) is 7.11 Å². The fourth-order valence-electron chi connectivity index (χ4n) is 2.63. The van der Waals surface area contributed by atoms with Crippen molar-refractivity contribution >= 4 is 7.85 Å². The maximum absolute atomic E-state index is 13.2. The molecule has 0 saturated carbocycles. The van der Waals surface area contributed by atoms with Crippen LogP contribution in [0.1, 0.15) is 19.3 Å². The first-order valence-electron chi connectivity index (χ1n) is 4.76. The molecule has 2 heterocycles. The van der Waals surface area contributed by atoms with Crippen molar-refractivity contribution in [1.29, 1.82) is 0 Å². The van der Waals surface area contributed by atoms with Crippen molar-refractivity contribution in [3.63, 3.8) is 0 Å². The fraction of sp³-hybridized carbons (Fsp3) is 1.00. The van der Waals surface area contributed by atoms with Gasteiger partial charge in [-0.1, -0.05) is 0 Å². The van der Waals surface area contributed by atoms with Crippen molar-refractivity contribution in [1.82, 2.24) is 4.90 Å². The summed E-state index contributed by atoms with van der Waals surface area (Å²) in [5.41, 5.74) is 5.31. The molecule has 0 aromatic heterocycles. The summed E-state index contributed by atoms with van der Waals surface area (Å²) in [5.74, 6) is 0. The van der Waals surface area contributed by atoms with E-state index >= 15 is 0 Å². The molecule has 2 rings (SSSR count). The zero-order valence-electron chi connectivity index (χ0n) is 8.22. The van der Waals surface area contributed by atoms with Gasteiger partial charge in [0.25, 0.3) is 0 Å². The van der Waals surface area contributed by atoms with Gasteiger partial charge in [0.1, 0.15) is 6.17 Å². The highest BCUT2D eigenvalue weighted by molar-refractivity contribution is 6.14. The molecule has 13 heavy (non-hydrogen) atoms. The number of rotatable bonds is 1. The summed E-state index contributed by atoms with van der Waals surface area (Å²) in [4.78, 5) is 1.98. The summed E-state index contributed by atoms with van der Waals surface area (Å²) in [7, 11) is 3.65. The van der Waals surface area contributed by atoms with E-state index in [2.05, 4.69) is 0 Å². The predicted octanol–water partition coefficient (Wildman–Crippen LogP) is -0.588. The Bertz CT molecular complexity index is 226. The Morgan fingerprint density at radius 1 is 1.62 bits per heavy atom. The molecule has 0 radical (unpaired) electrons. The standard InChI is InChI=1S/C8H16BFN2O/c1-13-8(9)3-2-7(11)4-6(10)5-12(7)8/h6H,2-5,9,11H2,1H3. The molecule has 2 aliphatic rings. The van der Waals surface area contributed by atoms with Gasteiger partial charge in [-0.2, -0.15) is 0 Å². The molecule has 2 N–H and O–H groups in total. The monoisotopic (exact) mass is 186 g/mol. The lowest BCUT2D eigenvalue weighted by Crippen LogP contribution is -2.56. The molecule has 0 bridgehead atoms. The normalized spacial score (nSPS) is 51.2. The Morgan fingerprint density at radius 3 is 2.92 bits per heavy atom. The van der Waals surface area contributed by atoms with Crippen molar-refractivity contribution in [2.75, 3.05) is 13.7 Å². The molecular formula is C8H16BFN2O. The van der Waals surface area contributed by atoms with E-state index in [-0.39, 0.29) is 5.62 Å². The minimum absolute atomic E-state index is 0.352. The van der Waals surface area contributed by atoms with Crippen LogP contribution >= 0.6 is 0 Å². The zero-order chi connectivity index (χ0) is 9.69. The van der Waals surface area contributed by atoms with Crippen LogP contribution in [0, 0.1) is 0 Å². The maximum Gasteiger partial charge on any atom is 0.162 e. The third-order valence-corrected chi connectivity index (χ3v) is 3.53. The number of nitrogens with two attached hydrogens (primary N) is 1. The SMILES string of the molecule is BC1(OC)CCC2(N)CC(F)CN21. The van der Waals surface area contributed by atoms with Crippen LogP contribution in [0.5, 0.6) is 0 Å². The molecule has 3 unspecified atom stereocenters. The van der Waals surface area contributed by atoms with Gasteiger partial charge in [0.05, 0.1) is 11.3 Å². The Morgan fingerprint density at radius 2 is 2.31 bits per heavy atom. The number of hydrogen-bond acceptors (Lipinski definition) is 3. The topological polar surface area (TPSA) is 38.5 Å². The van der Waals surface area contributed by atoms with Crippen LogP contribution in [0.4, 0.5) is 4.39 Å². The fourth-order valence-corrected chi connectivity index (χ4v) is 2.63. The summed E-state index contributed by atoms with van der Waals surface area (Å²) < 4.78 is 18.6.